The molecule has 0 bridgehead atoms. The predicted octanol–water partition coefficient (Wildman–Crippen LogP) is 6.83. The van der Waals surface area contributed by atoms with Crippen molar-refractivity contribution in [2.45, 2.75) is 46.1 Å². The lowest BCUT2D eigenvalue weighted by Crippen LogP contribution is -2.16. The molecule has 0 saturated heterocycles. The number of anilines is 1. The van der Waals surface area contributed by atoms with Crippen molar-refractivity contribution >= 4 is 29.9 Å². The summed E-state index contributed by atoms with van der Waals surface area (Å²) in [5, 5.41) is 6.94. The van der Waals surface area contributed by atoms with E-state index in [2.05, 4.69) is 76.8 Å². The third kappa shape index (κ3) is 9.59. The van der Waals surface area contributed by atoms with E-state index in [4.69, 9.17) is 13.8 Å². The Bertz CT molecular complexity index is 1070. The molecule has 0 radical (unpaired) electrons. The van der Waals surface area contributed by atoms with Crippen molar-refractivity contribution in [1.29, 1.82) is 0 Å². The summed E-state index contributed by atoms with van der Waals surface area (Å²) in [5.74, 6) is 1.48. The molecule has 2 aromatic carbocycles. The largest absolute Gasteiger partial charge is 0.464 e. The average molecular weight is 563 g/mol. The molecule has 35 heavy (non-hydrogen) atoms. The van der Waals surface area contributed by atoms with E-state index in [9.17, 15) is 4.57 Å². The lowest BCUT2D eigenvalue weighted by Gasteiger charge is -2.14. The van der Waals surface area contributed by atoms with Gasteiger partial charge in [0, 0.05) is 28.8 Å². The van der Waals surface area contributed by atoms with Crippen molar-refractivity contribution in [3.63, 3.8) is 0 Å². The Kier molecular flexibility index (Phi) is 11.6. The van der Waals surface area contributed by atoms with E-state index in [0.29, 0.717) is 25.4 Å². The minimum absolute atomic E-state index is 0.279. The molecule has 3 N–H and O–H groups in total. The number of hydrogen-bond acceptors (Lipinski definition) is 5. The van der Waals surface area contributed by atoms with E-state index < -0.39 is 8.25 Å². The van der Waals surface area contributed by atoms with E-state index in [1.807, 2.05) is 12.1 Å². The van der Waals surface area contributed by atoms with Crippen molar-refractivity contribution in [3.05, 3.63) is 76.0 Å². The quantitative estimate of drug-likeness (QED) is 0.139. The third-order valence-corrected chi connectivity index (χ3v) is 6.82. The van der Waals surface area contributed by atoms with Crippen LogP contribution in [0.25, 0.3) is 11.3 Å². The molecule has 0 saturated carbocycles. The molecule has 3 aromatic rings. The highest BCUT2D eigenvalue weighted by Crippen LogP contribution is 2.30. The van der Waals surface area contributed by atoms with Gasteiger partial charge in [-0.2, -0.15) is 0 Å². The van der Waals surface area contributed by atoms with Crippen molar-refractivity contribution < 1.29 is 18.4 Å². The van der Waals surface area contributed by atoms with Gasteiger partial charge in [0.1, 0.15) is 5.76 Å². The van der Waals surface area contributed by atoms with Crippen molar-refractivity contribution in [2.75, 3.05) is 25.0 Å². The second-order valence-corrected chi connectivity index (χ2v) is 10.7. The Labute approximate surface area is 217 Å². The van der Waals surface area contributed by atoms with E-state index in [1.165, 1.54) is 15.6 Å². The van der Waals surface area contributed by atoms with E-state index in [-0.39, 0.29) is 6.61 Å². The monoisotopic (exact) mass is 562 g/mol. The molecule has 3 rings (SSSR count). The number of hydrogen-bond donors (Lipinski definition) is 3. The molecule has 0 fully saturated rings. The molecule has 0 aliphatic rings. The number of rotatable bonds is 15. The van der Waals surface area contributed by atoms with Crippen molar-refractivity contribution in [2.24, 2.45) is 5.92 Å². The summed E-state index contributed by atoms with van der Waals surface area (Å²) >= 11 is 3.74. The molecule has 1 heterocycles. The van der Waals surface area contributed by atoms with Crippen LogP contribution < -0.4 is 10.6 Å². The second kappa shape index (κ2) is 14.6. The Hall–Kier alpha value is -1.89. The summed E-state index contributed by atoms with van der Waals surface area (Å²) < 4.78 is 22.2. The van der Waals surface area contributed by atoms with Gasteiger partial charge < -0.3 is 24.5 Å². The lowest BCUT2D eigenvalue weighted by atomic mass is 10.0. The first-order valence-electron chi connectivity index (χ1n) is 12.2. The smallest absolute Gasteiger partial charge is 0.316 e. The highest BCUT2D eigenvalue weighted by atomic mass is 79.9. The van der Waals surface area contributed by atoms with Crippen LogP contribution in [0, 0.1) is 5.92 Å². The van der Waals surface area contributed by atoms with E-state index in [0.717, 1.165) is 48.4 Å². The van der Waals surface area contributed by atoms with Crippen LogP contribution in [0.5, 0.6) is 0 Å². The van der Waals surface area contributed by atoms with Gasteiger partial charge in [0.25, 0.3) is 0 Å². The van der Waals surface area contributed by atoms with E-state index in [1.54, 1.807) is 6.26 Å². The highest BCUT2D eigenvalue weighted by Gasteiger charge is 2.10. The fourth-order valence-electron chi connectivity index (χ4n) is 3.95. The molecule has 1 aromatic heterocycles. The molecule has 1 atom stereocenters. The predicted molar refractivity (Wildman–Crippen MR) is 147 cm³/mol. The van der Waals surface area contributed by atoms with Gasteiger partial charge >= 0.3 is 8.25 Å². The molecular formula is C27H36BrN2O4P. The van der Waals surface area contributed by atoms with Crippen molar-refractivity contribution in [1.82, 2.24) is 5.32 Å². The molecule has 8 heteroatoms. The van der Waals surface area contributed by atoms with Gasteiger partial charge in [0.15, 0.2) is 0 Å². The number of aryl methyl sites for hydroxylation is 1. The van der Waals surface area contributed by atoms with Crippen LogP contribution in [0.2, 0.25) is 0 Å². The molecule has 0 aliphatic heterocycles. The van der Waals surface area contributed by atoms with Crippen LogP contribution >= 0.6 is 24.2 Å². The van der Waals surface area contributed by atoms with E-state index >= 15 is 0 Å². The van der Waals surface area contributed by atoms with Gasteiger partial charge in [-0.05, 0) is 85.2 Å². The topological polar surface area (TPSA) is 83.7 Å². The maximum absolute atomic E-state index is 10.6. The number of nitrogens with one attached hydrogen (secondary N) is 2. The van der Waals surface area contributed by atoms with Crippen LogP contribution in [-0.4, -0.2) is 24.6 Å². The minimum atomic E-state index is -2.84. The second-order valence-electron chi connectivity index (χ2n) is 9.06. The molecule has 0 amide bonds. The van der Waals surface area contributed by atoms with Crippen LogP contribution in [-0.2, 0) is 28.5 Å². The van der Waals surface area contributed by atoms with Crippen LogP contribution in [0.1, 0.15) is 43.4 Å². The summed E-state index contributed by atoms with van der Waals surface area (Å²) in [6.45, 7) is 7.04. The van der Waals surface area contributed by atoms with Crippen molar-refractivity contribution in [3.8, 4) is 11.3 Å². The number of benzene rings is 2. The summed E-state index contributed by atoms with van der Waals surface area (Å²) in [6, 6.07) is 17.0. The Morgan fingerprint density at radius 1 is 1.09 bits per heavy atom. The molecule has 0 aliphatic carbocycles. The summed E-state index contributed by atoms with van der Waals surface area (Å²) in [4.78, 5) is 8.70. The van der Waals surface area contributed by atoms with Gasteiger partial charge in [0.2, 0.25) is 0 Å². The normalized spacial score (nSPS) is 12.3. The Balaban J connectivity index is 1.53. The maximum Gasteiger partial charge on any atom is 0.316 e. The molecular weight excluding hydrogens is 527 g/mol. The zero-order valence-corrected chi connectivity index (χ0v) is 23.1. The van der Waals surface area contributed by atoms with Crippen LogP contribution in [0.4, 0.5) is 5.69 Å². The maximum atomic E-state index is 10.6. The fraction of sp³-hybridized carbons (Fsp3) is 0.407. The SMILES string of the molecule is CC(C)Cc1ccc(CCCNc2ccc(CNCCCO[PH](=O)O)cc2-c2ccco2)cc1Br. The van der Waals surface area contributed by atoms with Gasteiger partial charge in [-0.25, -0.2) is 0 Å². The van der Waals surface area contributed by atoms with Gasteiger partial charge in [-0.15, -0.1) is 0 Å². The first-order chi connectivity index (χ1) is 16.9. The van der Waals surface area contributed by atoms with Gasteiger partial charge in [-0.1, -0.05) is 48.0 Å². The Morgan fingerprint density at radius 3 is 2.63 bits per heavy atom. The zero-order chi connectivity index (χ0) is 25.0. The molecule has 1 unspecified atom stereocenters. The number of furan rings is 1. The van der Waals surface area contributed by atoms with Gasteiger partial charge in [0.05, 0.1) is 12.9 Å². The minimum Gasteiger partial charge on any atom is -0.464 e. The number of halogens is 1. The summed E-state index contributed by atoms with van der Waals surface area (Å²) in [7, 11) is -2.84. The average Bonchev–Trinajstić information content (AvgIpc) is 3.35. The first kappa shape index (κ1) is 27.7. The lowest BCUT2D eigenvalue weighted by molar-refractivity contribution is 0.276. The van der Waals surface area contributed by atoms with Gasteiger partial charge in [-0.3, -0.25) is 4.57 Å². The fourth-order valence-corrected chi connectivity index (χ4v) is 4.85. The van der Waals surface area contributed by atoms with Crippen LogP contribution in [0.15, 0.2) is 63.7 Å². The zero-order valence-electron chi connectivity index (χ0n) is 20.5. The summed E-state index contributed by atoms with van der Waals surface area (Å²) in [6.07, 6.45) is 5.50. The molecule has 190 valence electrons. The standard InChI is InChI=1S/C27H36BrN2O4P/c1-20(2)16-23-10-8-21(18-25(23)28)6-3-13-30-26-11-9-22(17-24(26)27-7-4-14-33-27)19-29-12-5-15-34-35(31)32/h4,7-11,14,17-18,20,29-30,35H,3,5-6,12-13,15-16,19H2,1-2H3,(H,31,32). The Morgan fingerprint density at radius 2 is 1.91 bits per heavy atom. The summed E-state index contributed by atoms with van der Waals surface area (Å²) in [5.41, 5.74) is 5.95. The molecule has 6 nitrogen and oxygen atoms in total. The third-order valence-electron chi connectivity index (χ3n) is 5.63. The molecule has 0 spiro atoms. The highest BCUT2D eigenvalue weighted by molar-refractivity contribution is 9.10. The van der Waals surface area contributed by atoms with Crippen LogP contribution in [0.3, 0.4) is 0 Å². The first-order valence-corrected chi connectivity index (χ1v) is 14.2.